The Morgan fingerprint density at radius 1 is 1.71 bits per heavy atom. The van der Waals surface area contributed by atoms with Gasteiger partial charge in [0, 0.05) is 6.54 Å². The average Bonchev–Trinajstić information content (AvgIpc) is 1.69. The zero-order valence-corrected chi connectivity index (χ0v) is 6.14. The molecule has 1 fully saturated rings. The number of halogens is 1. The van der Waals surface area contributed by atoms with Gasteiger partial charge in [0.05, 0.1) is 17.3 Å². The Morgan fingerprint density at radius 2 is 2.57 bits per heavy atom. The van der Waals surface area contributed by atoms with E-state index in [0.29, 0.717) is 4.05 Å². The van der Waals surface area contributed by atoms with Gasteiger partial charge in [-0.1, -0.05) is 22.6 Å². The van der Waals surface area contributed by atoms with Crippen LogP contribution in [0.2, 0.25) is 0 Å². The molecule has 7 heavy (non-hydrogen) atoms. The van der Waals surface area contributed by atoms with Gasteiger partial charge in [-0.25, -0.2) is 0 Å². The lowest BCUT2D eigenvalue weighted by molar-refractivity contribution is 0.104. The van der Waals surface area contributed by atoms with Crippen molar-refractivity contribution in [1.29, 1.82) is 0 Å². The standard InChI is InChI=1S/C4H8INO/c5-4-3-7-2-1-6-4/h4,6H,1-3H2/t4-/m1/s1. The lowest BCUT2D eigenvalue weighted by Crippen LogP contribution is -2.36. The number of hydrogen-bond donors (Lipinski definition) is 1. The number of morpholine rings is 1. The quantitative estimate of drug-likeness (QED) is 0.356. The first kappa shape index (κ1) is 5.78. The lowest BCUT2D eigenvalue weighted by atomic mass is 10.5. The van der Waals surface area contributed by atoms with Crippen molar-refractivity contribution in [2.75, 3.05) is 19.8 Å². The summed E-state index contributed by atoms with van der Waals surface area (Å²) in [5.74, 6) is 0. The van der Waals surface area contributed by atoms with Crippen LogP contribution < -0.4 is 5.32 Å². The first-order valence-electron chi connectivity index (χ1n) is 2.35. The molecular weight excluding hydrogens is 205 g/mol. The van der Waals surface area contributed by atoms with Gasteiger partial charge in [-0.15, -0.1) is 0 Å². The third kappa shape index (κ3) is 1.92. The molecule has 1 aliphatic heterocycles. The van der Waals surface area contributed by atoms with Gasteiger partial charge in [-0.3, -0.25) is 0 Å². The monoisotopic (exact) mass is 213 g/mol. The molecule has 0 aromatic heterocycles. The van der Waals surface area contributed by atoms with Crippen molar-refractivity contribution in [2.45, 2.75) is 4.05 Å². The maximum Gasteiger partial charge on any atom is 0.0831 e. The Morgan fingerprint density at radius 3 is 2.86 bits per heavy atom. The molecule has 0 saturated carbocycles. The second-order valence-corrected chi connectivity index (χ2v) is 3.00. The summed E-state index contributed by atoms with van der Waals surface area (Å²) in [6, 6.07) is 0. The molecule has 3 heteroatoms. The van der Waals surface area contributed by atoms with Crippen molar-refractivity contribution in [2.24, 2.45) is 0 Å². The van der Waals surface area contributed by atoms with Gasteiger partial charge in [-0.05, 0) is 0 Å². The summed E-state index contributed by atoms with van der Waals surface area (Å²) in [6.45, 7) is 2.74. The molecule has 0 radical (unpaired) electrons. The molecular formula is C4H8INO. The van der Waals surface area contributed by atoms with Crippen LogP contribution in [0.4, 0.5) is 0 Å². The zero-order chi connectivity index (χ0) is 5.11. The fraction of sp³-hybridized carbons (Fsp3) is 1.00. The largest absolute Gasteiger partial charge is 0.378 e. The van der Waals surface area contributed by atoms with E-state index in [4.69, 9.17) is 4.74 Å². The molecule has 1 aliphatic rings. The predicted molar refractivity (Wildman–Crippen MR) is 36.6 cm³/mol. The second kappa shape index (κ2) is 2.84. The second-order valence-electron chi connectivity index (χ2n) is 1.50. The number of hydrogen-bond acceptors (Lipinski definition) is 2. The lowest BCUT2D eigenvalue weighted by Gasteiger charge is -2.17. The van der Waals surface area contributed by atoms with Gasteiger partial charge in [0.25, 0.3) is 0 Å². The Balaban J connectivity index is 2.12. The molecule has 0 unspecified atom stereocenters. The van der Waals surface area contributed by atoms with E-state index in [-0.39, 0.29) is 0 Å². The summed E-state index contributed by atoms with van der Waals surface area (Å²) in [5.41, 5.74) is 0. The highest BCUT2D eigenvalue weighted by molar-refractivity contribution is 14.1. The van der Waals surface area contributed by atoms with Crippen LogP contribution in [-0.4, -0.2) is 23.8 Å². The molecule has 1 rings (SSSR count). The van der Waals surface area contributed by atoms with Gasteiger partial charge in [-0.2, -0.15) is 0 Å². The van der Waals surface area contributed by atoms with Gasteiger partial charge in [0.2, 0.25) is 0 Å². The maximum atomic E-state index is 5.11. The molecule has 0 aliphatic carbocycles. The smallest absolute Gasteiger partial charge is 0.0831 e. The molecule has 0 amide bonds. The van der Waals surface area contributed by atoms with Crippen LogP contribution in [0.5, 0.6) is 0 Å². The summed E-state index contributed by atoms with van der Waals surface area (Å²) < 4.78 is 5.65. The average molecular weight is 213 g/mol. The molecule has 1 atom stereocenters. The van der Waals surface area contributed by atoms with E-state index >= 15 is 0 Å². The highest BCUT2D eigenvalue weighted by Gasteiger charge is 2.06. The van der Waals surface area contributed by atoms with Gasteiger partial charge in [0.15, 0.2) is 0 Å². The Hall–Kier alpha value is 0.650. The van der Waals surface area contributed by atoms with E-state index in [1.54, 1.807) is 0 Å². The number of ether oxygens (including phenoxy) is 1. The minimum Gasteiger partial charge on any atom is -0.378 e. The van der Waals surface area contributed by atoms with Crippen molar-refractivity contribution in [1.82, 2.24) is 5.32 Å². The molecule has 0 spiro atoms. The fourth-order valence-electron chi connectivity index (χ4n) is 0.533. The fourth-order valence-corrected chi connectivity index (χ4v) is 1.10. The van der Waals surface area contributed by atoms with E-state index in [0.717, 1.165) is 19.8 Å². The van der Waals surface area contributed by atoms with Crippen LogP contribution in [0.15, 0.2) is 0 Å². The third-order valence-electron chi connectivity index (χ3n) is 0.876. The Bertz CT molecular complexity index is 53.7. The van der Waals surface area contributed by atoms with E-state index in [1.165, 1.54) is 0 Å². The molecule has 1 N–H and O–H groups in total. The minimum atomic E-state index is 0.534. The molecule has 2 nitrogen and oxygen atoms in total. The summed E-state index contributed by atoms with van der Waals surface area (Å²) >= 11 is 2.32. The maximum absolute atomic E-state index is 5.11. The highest BCUT2D eigenvalue weighted by Crippen LogP contribution is 1.99. The van der Waals surface area contributed by atoms with Crippen LogP contribution in [0.1, 0.15) is 0 Å². The summed E-state index contributed by atoms with van der Waals surface area (Å²) in [5, 5.41) is 3.24. The van der Waals surface area contributed by atoms with E-state index in [2.05, 4.69) is 27.9 Å². The van der Waals surface area contributed by atoms with Crippen molar-refractivity contribution in [3.8, 4) is 0 Å². The number of nitrogens with one attached hydrogen (secondary N) is 1. The summed E-state index contributed by atoms with van der Waals surface area (Å²) in [4.78, 5) is 0. The van der Waals surface area contributed by atoms with E-state index < -0.39 is 0 Å². The molecule has 0 aromatic carbocycles. The predicted octanol–water partition coefficient (Wildman–Crippen LogP) is 0.367. The first-order chi connectivity index (χ1) is 3.39. The van der Waals surface area contributed by atoms with Gasteiger partial charge < -0.3 is 10.1 Å². The van der Waals surface area contributed by atoms with E-state index in [9.17, 15) is 0 Å². The topological polar surface area (TPSA) is 21.3 Å². The summed E-state index contributed by atoms with van der Waals surface area (Å²) in [6.07, 6.45) is 0. The highest BCUT2D eigenvalue weighted by atomic mass is 127. The van der Waals surface area contributed by atoms with Crippen LogP contribution in [0, 0.1) is 0 Å². The van der Waals surface area contributed by atoms with Crippen LogP contribution in [0.3, 0.4) is 0 Å². The first-order valence-corrected chi connectivity index (χ1v) is 3.59. The third-order valence-corrected chi connectivity index (χ3v) is 1.68. The van der Waals surface area contributed by atoms with Gasteiger partial charge in [0.1, 0.15) is 0 Å². The van der Waals surface area contributed by atoms with Crippen molar-refractivity contribution >= 4 is 22.6 Å². The Labute approximate surface area is 56.8 Å². The Kier molecular flexibility index (Phi) is 2.34. The molecule has 1 heterocycles. The summed E-state index contributed by atoms with van der Waals surface area (Å²) in [7, 11) is 0. The van der Waals surface area contributed by atoms with Crippen LogP contribution >= 0.6 is 22.6 Å². The van der Waals surface area contributed by atoms with Crippen LogP contribution in [-0.2, 0) is 4.74 Å². The normalized spacial score (nSPS) is 33.0. The molecule has 42 valence electrons. The molecule has 0 aromatic rings. The van der Waals surface area contributed by atoms with Gasteiger partial charge >= 0.3 is 0 Å². The zero-order valence-electron chi connectivity index (χ0n) is 3.98. The van der Waals surface area contributed by atoms with E-state index in [1.807, 2.05) is 0 Å². The molecule has 1 saturated heterocycles. The van der Waals surface area contributed by atoms with Crippen molar-refractivity contribution in [3.63, 3.8) is 0 Å². The molecule has 0 bridgehead atoms. The van der Waals surface area contributed by atoms with Crippen molar-refractivity contribution < 1.29 is 4.74 Å². The number of alkyl halides is 1. The SMILES string of the molecule is I[C@H]1COCCN1. The van der Waals surface area contributed by atoms with Crippen LogP contribution in [0.25, 0.3) is 0 Å². The number of rotatable bonds is 0. The minimum absolute atomic E-state index is 0.534. The van der Waals surface area contributed by atoms with Crippen molar-refractivity contribution in [3.05, 3.63) is 0 Å².